The standard InChI is InChI=1S/C19H18FN5O5/c1-2-29-19(26)14-8-12(25(27)28)9-15(20)18(14)21-10-16-22-17(24-23-16)11-30-13-6-4-3-5-7-13/h3-9,21H,2,10-11H2,1H3,(H,22,23,24). The van der Waals surface area contributed by atoms with Gasteiger partial charge in [-0.3, -0.25) is 15.2 Å². The van der Waals surface area contributed by atoms with Crippen LogP contribution in [0.2, 0.25) is 0 Å². The number of non-ortho nitro benzene ring substituents is 1. The normalized spacial score (nSPS) is 10.5. The summed E-state index contributed by atoms with van der Waals surface area (Å²) in [6.07, 6.45) is 0. The Bertz CT molecular complexity index is 1040. The minimum absolute atomic E-state index is 0.0360. The summed E-state index contributed by atoms with van der Waals surface area (Å²) in [6, 6.07) is 10.8. The van der Waals surface area contributed by atoms with E-state index in [0.717, 1.165) is 12.1 Å². The summed E-state index contributed by atoms with van der Waals surface area (Å²) >= 11 is 0. The Morgan fingerprint density at radius 2 is 2.07 bits per heavy atom. The fraction of sp³-hybridized carbons (Fsp3) is 0.211. The van der Waals surface area contributed by atoms with Crippen LogP contribution in [0.4, 0.5) is 15.8 Å². The molecule has 0 saturated heterocycles. The van der Waals surface area contributed by atoms with Gasteiger partial charge in [-0.15, -0.1) is 0 Å². The molecule has 0 aliphatic rings. The monoisotopic (exact) mass is 415 g/mol. The number of halogens is 1. The molecule has 0 spiro atoms. The number of hydrogen-bond acceptors (Lipinski definition) is 8. The van der Waals surface area contributed by atoms with Gasteiger partial charge in [-0.1, -0.05) is 18.2 Å². The molecule has 0 bridgehead atoms. The lowest BCUT2D eigenvalue weighted by atomic mass is 10.1. The number of carbonyl (C=O) groups excluding carboxylic acids is 1. The zero-order chi connectivity index (χ0) is 21.5. The molecule has 0 amide bonds. The molecule has 3 rings (SSSR count). The van der Waals surface area contributed by atoms with Gasteiger partial charge in [0.1, 0.15) is 12.4 Å². The van der Waals surface area contributed by atoms with E-state index in [1.807, 2.05) is 18.2 Å². The van der Waals surface area contributed by atoms with Gasteiger partial charge in [0, 0.05) is 6.07 Å². The van der Waals surface area contributed by atoms with E-state index in [1.165, 1.54) is 0 Å². The molecule has 0 radical (unpaired) electrons. The molecule has 0 aliphatic heterocycles. The summed E-state index contributed by atoms with van der Waals surface area (Å²) in [4.78, 5) is 26.5. The van der Waals surface area contributed by atoms with Crippen LogP contribution in [-0.4, -0.2) is 32.7 Å². The Hall–Kier alpha value is -4.02. The Labute approximate surface area is 170 Å². The zero-order valence-corrected chi connectivity index (χ0v) is 15.9. The number of rotatable bonds is 9. The van der Waals surface area contributed by atoms with Gasteiger partial charge in [-0.25, -0.2) is 14.2 Å². The number of nitrogens with one attached hydrogen (secondary N) is 2. The molecule has 11 heteroatoms. The van der Waals surface area contributed by atoms with Crippen molar-refractivity contribution in [3.63, 3.8) is 0 Å². The summed E-state index contributed by atoms with van der Waals surface area (Å²) in [6.45, 7) is 1.72. The lowest BCUT2D eigenvalue weighted by Crippen LogP contribution is -2.13. The van der Waals surface area contributed by atoms with Crippen LogP contribution >= 0.6 is 0 Å². The van der Waals surface area contributed by atoms with Gasteiger partial charge in [0.25, 0.3) is 5.69 Å². The number of hydrogen-bond donors (Lipinski definition) is 2. The van der Waals surface area contributed by atoms with Gasteiger partial charge >= 0.3 is 5.97 Å². The third kappa shape index (κ3) is 5.07. The molecule has 2 N–H and O–H groups in total. The SMILES string of the molecule is CCOC(=O)c1cc([N+](=O)[O-])cc(F)c1NCc1n[nH]c(COc2ccccc2)n1. The van der Waals surface area contributed by atoms with E-state index in [1.54, 1.807) is 19.1 Å². The van der Waals surface area contributed by atoms with E-state index in [9.17, 15) is 19.3 Å². The molecule has 2 aromatic carbocycles. The second kappa shape index (κ2) is 9.45. The molecule has 0 unspecified atom stereocenters. The molecule has 30 heavy (non-hydrogen) atoms. The van der Waals surface area contributed by atoms with Crippen molar-refractivity contribution in [2.45, 2.75) is 20.1 Å². The third-order valence-corrected chi connectivity index (χ3v) is 3.90. The molecule has 0 atom stereocenters. The first-order valence-corrected chi connectivity index (χ1v) is 8.95. The highest BCUT2D eigenvalue weighted by Gasteiger charge is 2.22. The Kier molecular flexibility index (Phi) is 6.53. The van der Waals surface area contributed by atoms with E-state index in [2.05, 4.69) is 20.5 Å². The number of H-pyrrole nitrogens is 1. The quantitative estimate of drug-likeness (QED) is 0.309. The number of aromatic nitrogens is 3. The van der Waals surface area contributed by atoms with Crippen molar-refractivity contribution in [2.24, 2.45) is 0 Å². The maximum Gasteiger partial charge on any atom is 0.340 e. The summed E-state index contributed by atoms with van der Waals surface area (Å²) < 4.78 is 24.9. The van der Waals surface area contributed by atoms with Crippen LogP contribution < -0.4 is 10.1 Å². The topological polar surface area (TPSA) is 132 Å². The highest BCUT2D eigenvalue weighted by atomic mass is 19.1. The van der Waals surface area contributed by atoms with Gasteiger partial charge < -0.3 is 14.8 Å². The largest absolute Gasteiger partial charge is 0.486 e. The van der Waals surface area contributed by atoms with Gasteiger partial charge in [0.05, 0.1) is 35.4 Å². The highest BCUT2D eigenvalue weighted by molar-refractivity contribution is 5.96. The van der Waals surface area contributed by atoms with Crippen LogP contribution in [0.25, 0.3) is 0 Å². The fourth-order valence-corrected chi connectivity index (χ4v) is 2.56. The molecule has 0 aliphatic carbocycles. The Balaban J connectivity index is 1.71. The van der Waals surface area contributed by atoms with E-state index < -0.39 is 22.4 Å². The molecular weight excluding hydrogens is 397 g/mol. The van der Waals surface area contributed by atoms with Crippen molar-refractivity contribution in [1.29, 1.82) is 0 Å². The molecule has 3 aromatic rings. The lowest BCUT2D eigenvalue weighted by molar-refractivity contribution is -0.385. The number of benzene rings is 2. The second-order valence-corrected chi connectivity index (χ2v) is 5.98. The Morgan fingerprint density at radius 1 is 1.30 bits per heavy atom. The van der Waals surface area contributed by atoms with E-state index in [-0.39, 0.29) is 36.8 Å². The molecule has 10 nitrogen and oxygen atoms in total. The first-order valence-electron chi connectivity index (χ1n) is 8.95. The minimum atomic E-state index is -0.963. The number of nitro groups is 1. The number of ether oxygens (including phenoxy) is 2. The number of nitro benzene ring substituents is 1. The lowest BCUT2D eigenvalue weighted by Gasteiger charge is -2.11. The van der Waals surface area contributed by atoms with Crippen molar-refractivity contribution in [3.8, 4) is 5.75 Å². The molecular formula is C19H18FN5O5. The van der Waals surface area contributed by atoms with Crippen LogP contribution in [0.3, 0.4) is 0 Å². The molecule has 1 aromatic heterocycles. The maximum atomic E-state index is 14.4. The van der Waals surface area contributed by atoms with E-state index in [0.29, 0.717) is 11.6 Å². The van der Waals surface area contributed by atoms with E-state index >= 15 is 0 Å². The summed E-state index contributed by atoms with van der Waals surface area (Å²) in [5.41, 5.74) is -1.07. The van der Waals surface area contributed by atoms with Crippen molar-refractivity contribution in [2.75, 3.05) is 11.9 Å². The van der Waals surface area contributed by atoms with Crippen molar-refractivity contribution in [1.82, 2.24) is 15.2 Å². The predicted molar refractivity (Wildman–Crippen MR) is 103 cm³/mol. The summed E-state index contributed by atoms with van der Waals surface area (Å²) in [5, 5.41) is 20.4. The number of esters is 1. The number of aromatic amines is 1. The van der Waals surface area contributed by atoms with Crippen molar-refractivity contribution >= 4 is 17.3 Å². The Morgan fingerprint density at radius 3 is 2.77 bits per heavy atom. The average Bonchev–Trinajstić information content (AvgIpc) is 3.19. The molecule has 1 heterocycles. The first-order chi connectivity index (χ1) is 14.5. The van der Waals surface area contributed by atoms with Crippen LogP contribution in [-0.2, 0) is 17.9 Å². The van der Waals surface area contributed by atoms with Crippen LogP contribution in [0, 0.1) is 15.9 Å². The number of carbonyl (C=O) groups is 1. The van der Waals surface area contributed by atoms with Gasteiger partial charge in [0.2, 0.25) is 0 Å². The van der Waals surface area contributed by atoms with Gasteiger partial charge in [-0.05, 0) is 19.1 Å². The molecule has 0 fully saturated rings. The summed E-state index contributed by atoms with van der Waals surface area (Å²) in [7, 11) is 0. The van der Waals surface area contributed by atoms with E-state index in [4.69, 9.17) is 9.47 Å². The highest BCUT2D eigenvalue weighted by Crippen LogP contribution is 2.27. The van der Waals surface area contributed by atoms with Gasteiger partial charge in [0.15, 0.2) is 17.5 Å². The number of nitrogens with zero attached hydrogens (tertiary/aromatic N) is 3. The average molecular weight is 415 g/mol. The number of para-hydroxylation sites is 1. The predicted octanol–water partition coefficient (Wildman–Crippen LogP) is 3.22. The van der Waals surface area contributed by atoms with Gasteiger partial charge in [-0.2, -0.15) is 5.10 Å². The van der Waals surface area contributed by atoms with Crippen molar-refractivity contribution < 1.29 is 23.6 Å². The minimum Gasteiger partial charge on any atom is -0.486 e. The molecule has 0 saturated carbocycles. The zero-order valence-electron chi connectivity index (χ0n) is 15.9. The van der Waals surface area contributed by atoms with Crippen LogP contribution in [0.15, 0.2) is 42.5 Å². The molecule has 156 valence electrons. The maximum absolute atomic E-state index is 14.4. The van der Waals surface area contributed by atoms with Crippen LogP contribution in [0.5, 0.6) is 5.75 Å². The number of anilines is 1. The second-order valence-electron chi connectivity index (χ2n) is 5.98. The smallest absolute Gasteiger partial charge is 0.340 e. The van der Waals surface area contributed by atoms with Crippen LogP contribution in [0.1, 0.15) is 28.9 Å². The first kappa shape index (κ1) is 20.7. The van der Waals surface area contributed by atoms with Crippen molar-refractivity contribution in [3.05, 3.63) is 75.6 Å². The third-order valence-electron chi connectivity index (χ3n) is 3.90. The summed E-state index contributed by atoms with van der Waals surface area (Å²) in [5.74, 6) is -0.440. The fourth-order valence-electron chi connectivity index (χ4n) is 2.56.